The van der Waals surface area contributed by atoms with Crippen LogP contribution in [0.5, 0.6) is 0 Å². The van der Waals surface area contributed by atoms with E-state index in [1.54, 1.807) is 24.4 Å². The smallest absolute Gasteiger partial charge is 0.229 e. The number of benzene rings is 1. The monoisotopic (exact) mass is 446 g/mol. The number of pyridine rings is 1. The molecule has 0 amide bonds. The lowest BCUT2D eigenvalue weighted by Crippen LogP contribution is -2.23. The molecule has 1 saturated carbocycles. The number of nitrogens with zero attached hydrogens (tertiary/aromatic N) is 4. The number of aromatic nitrogens is 3. The van der Waals surface area contributed by atoms with E-state index in [1.807, 2.05) is 6.20 Å². The van der Waals surface area contributed by atoms with Crippen molar-refractivity contribution in [3.05, 3.63) is 60.2 Å². The number of rotatable bonds is 7. The molecule has 1 aliphatic carbocycles. The fourth-order valence-electron chi connectivity index (χ4n) is 4.74. The third kappa shape index (κ3) is 5.47. The van der Waals surface area contributed by atoms with Crippen molar-refractivity contribution in [3.8, 4) is 11.3 Å². The zero-order chi connectivity index (χ0) is 22.5. The number of halogens is 1. The Morgan fingerprint density at radius 2 is 1.73 bits per heavy atom. The Balaban J connectivity index is 1.40. The predicted octanol–water partition coefficient (Wildman–Crippen LogP) is 5.76. The van der Waals surface area contributed by atoms with Crippen molar-refractivity contribution >= 4 is 17.5 Å². The molecule has 2 aliphatic rings. The summed E-state index contributed by atoms with van der Waals surface area (Å²) in [6.45, 7) is 3.28. The van der Waals surface area contributed by atoms with Crippen LogP contribution in [0.1, 0.15) is 50.5 Å². The van der Waals surface area contributed by atoms with Gasteiger partial charge in [-0.3, -0.25) is 9.88 Å². The minimum atomic E-state index is -0.331. The van der Waals surface area contributed by atoms with Gasteiger partial charge in [-0.25, -0.2) is 9.37 Å². The molecule has 7 heteroatoms. The fourth-order valence-corrected chi connectivity index (χ4v) is 4.74. The first-order valence-electron chi connectivity index (χ1n) is 12.1. The molecular formula is C26H31FN6. The minimum Gasteiger partial charge on any atom is -0.367 e. The van der Waals surface area contributed by atoms with Gasteiger partial charge in [-0.15, -0.1) is 0 Å². The van der Waals surface area contributed by atoms with Crippen LogP contribution in [-0.4, -0.2) is 39.0 Å². The Morgan fingerprint density at radius 3 is 2.48 bits per heavy atom. The highest BCUT2D eigenvalue weighted by Crippen LogP contribution is 2.30. The highest BCUT2D eigenvalue weighted by atomic mass is 19.1. The molecule has 0 radical (unpaired) electrons. The maximum atomic E-state index is 14.1. The van der Waals surface area contributed by atoms with E-state index in [-0.39, 0.29) is 5.82 Å². The summed E-state index contributed by atoms with van der Waals surface area (Å²) in [6.07, 6.45) is 12.3. The van der Waals surface area contributed by atoms with Crippen LogP contribution in [-0.2, 0) is 6.54 Å². The van der Waals surface area contributed by atoms with Gasteiger partial charge in [0.05, 0.1) is 16.9 Å². The highest BCUT2D eigenvalue weighted by molar-refractivity contribution is 5.73. The van der Waals surface area contributed by atoms with Crippen molar-refractivity contribution in [3.63, 3.8) is 0 Å². The van der Waals surface area contributed by atoms with Crippen LogP contribution in [0.3, 0.4) is 0 Å². The van der Waals surface area contributed by atoms with Crippen molar-refractivity contribution in [2.45, 2.75) is 57.5 Å². The Morgan fingerprint density at radius 1 is 0.909 bits per heavy atom. The second kappa shape index (κ2) is 10.3. The molecule has 3 aromatic rings. The Hall–Kier alpha value is -3.06. The highest BCUT2D eigenvalue weighted by Gasteiger charge is 2.18. The minimum absolute atomic E-state index is 0.331. The molecule has 33 heavy (non-hydrogen) atoms. The average molecular weight is 447 g/mol. The lowest BCUT2D eigenvalue weighted by atomic mass is 9.95. The molecule has 2 fully saturated rings. The lowest BCUT2D eigenvalue weighted by Gasteiger charge is -2.24. The molecular weight excluding hydrogens is 415 g/mol. The molecule has 0 atom stereocenters. The first-order chi connectivity index (χ1) is 16.2. The van der Waals surface area contributed by atoms with Gasteiger partial charge in [-0.1, -0.05) is 37.5 Å². The Kier molecular flexibility index (Phi) is 6.76. The van der Waals surface area contributed by atoms with Gasteiger partial charge in [-0.2, -0.15) is 4.98 Å². The van der Waals surface area contributed by atoms with E-state index in [1.165, 1.54) is 56.8 Å². The SMILES string of the molecule is Fc1ccccc1Nc1ncc(-c2ccc(CN3CCCC3)cn2)c(NC2CCCCC2)n1. The third-order valence-electron chi connectivity index (χ3n) is 6.56. The van der Waals surface area contributed by atoms with Gasteiger partial charge >= 0.3 is 0 Å². The van der Waals surface area contributed by atoms with Crippen LogP contribution in [0.2, 0.25) is 0 Å². The first kappa shape index (κ1) is 21.8. The van der Waals surface area contributed by atoms with Crippen molar-refractivity contribution in [2.24, 2.45) is 0 Å². The number of hydrogen-bond acceptors (Lipinski definition) is 6. The maximum Gasteiger partial charge on any atom is 0.229 e. The number of para-hydroxylation sites is 1. The molecule has 6 nitrogen and oxygen atoms in total. The molecule has 0 spiro atoms. The zero-order valence-corrected chi connectivity index (χ0v) is 18.9. The van der Waals surface area contributed by atoms with Gasteiger partial charge in [0.1, 0.15) is 11.6 Å². The summed E-state index contributed by atoms with van der Waals surface area (Å²) in [5.41, 5.74) is 3.29. The molecule has 1 aromatic carbocycles. The van der Waals surface area contributed by atoms with Gasteiger partial charge < -0.3 is 10.6 Å². The van der Waals surface area contributed by atoms with Gasteiger partial charge in [0.15, 0.2) is 0 Å². The van der Waals surface area contributed by atoms with E-state index in [9.17, 15) is 4.39 Å². The van der Waals surface area contributed by atoms with E-state index in [2.05, 4.69) is 32.7 Å². The molecule has 3 heterocycles. The summed E-state index contributed by atoms with van der Waals surface area (Å²) in [4.78, 5) is 16.4. The zero-order valence-electron chi connectivity index (χ0n) is 18.9. The van der Waals surface area contributed by atoms with Gasteiger partial charge in [0, 0.05) is 25.0 Å². The second-order valence-electron chi connectivity index (χ2n) is 9.07. The van der Waals surface area contributed by atoms with Gasteiger partial charge in [0.25, 0.3) is 0 Å². The van der Waals surface area contributed by atoms with E-state index in [0.29, 0.717) is 17.7 Å². The predicted molar refractivity (Wildman–Crippen MR) is 130 cm³/mol. The summed E-state index contributed by atoms with van der Waals surface area (Å²) >= 11 is 0. The van der Waals surface area contributed by atoms with Crippen LogP contribution >= 0.6 is 0 Å². The Bertz CT molecular complexity index is 1060. The fraction of sp³-hybridized carbons (Fsp3) is 0.423. The van der Waals surface area contributed by atoms with Gasteiger partial charge in [-0.05, 0) is 62.5 Å². The largest absolute Gasteiger partial charge is 0.367 e. The van der Waals surface area contributed by atoms with E-state index in [0.717, 1.165) is 36.5 Å². The quantitative estimate of drug-likeness (QED) is 0.481. The van der Waals surface area contributed by atoms with E-state index >= 15 is 0 Å². The van der Waals surface area contributed by atoms with Crippen LogP contribution in [0.25, 0.3) is 11.3 Å². The normalized spacial score (nSPS) is 17.2. The molecule has 1 aliphatic heterocycles. The summed E-state index contributed by atoms with van der Waals surface area (Å²) in [7, 11) is 0. The molecule has 1 saturated heterocycles. The standard InChI is InChI=1S/C26H31FN6/c27-22-10-4-5-11-24(22)31-26-29-17-21(25(32-26)30-20-8-2-1-3-9-20)23-13-12-19(16-28-23)18-33-14-6-7-15-33/h4-5,10-13,16-17,20H,1-3,6-9,14-15,18H2,(H2,29,30,31,32). The van der Waals surface area contributed by atoms with Crippen molar-refractivity contribution in [1.82, 2.24) is 19.9 Å². The number of nitrogens with one attached hydrogen (secondary N) is 2. The molecule has 0 unspecified atom stereocenters. The summed E-state index contributed by atoms with van der Waals surface area (Å²) in [5, 5.41) is 6.64. The lowest BCUT2D eigenvalue weighted by molar-refractivity contribution is 0.331. The van der Waals surface area contributed by atoms with E-state index in [4.69, 9.17) is 9.97 Å². The maximum absolute atomic E-state index is 14.1. The molecule has 172 valence electrons. The third-order valence-corrected chi connectivity index (χ3v) is 6.56. The van der Waals surface area contributed by atoms with E-state index < -0.39 is 0 Å². The number of likely N-dealkylation sites (tertiary alicyclic amines) is 1. The van der Waals surface area contributed by atoms with Crippen molar-refractivity contribution in [1.29, 1.82) is 0 Å². The first-order valence-corrected chi connectivity index (χ1v) is 12.1. The summed E-state index contributed by atoms with van der Waals surface area (Å²) < 4.78 is 14.1. The van der Waals surface area contributed by atoms with Crippen LogP contribution in [0.15, 0.2) is 48.8 Å². The molecule has 0 bridgehead atoms. The molecule has 2 N–H and O–H groups in total. The van der Waals surface area contributed by atoms with Crippen molar-refractivity contribution in [2.75, 3.05) is 23.7 Å². The van der Waals surface area contributed by atoms with Crippen molar-refractivity contribution < 1.29 is 4.39 Å². The topological polar surface area (TPSA) is 66.0 Å². The number of anilines is 3. The second-order valence-corrected chi connectivity index (χ2v) is 9.07. The van der Waals surface area contributed by atoms with Gasteiger partial charge in [0.2, 0.25) is 5.95 Å². The summed E-state index contributed by atoms with van der Waals surface area (Å²) in [5.74, 6) is 0.783. The van der Waals surface area contributed by atoms with Crippen LogP contribution in [0.4, 0.5) is 21.8 Å². The van der Waals surface area contributed by atoms with Crippen LogP contribution in [0, 0.1) is 5.82 Å². The molecule has 2 aromatic heterocycles. The Labute approximate surface area is 194 Å². The summed E-state index contributed by atoms with van der Waals surface area (Å²) in [6, 6.07) is 11.1. The van der Waals surface area contributed by atoms with Crippen LogP contribution < -0.4 is 10.6 Å². The molecule has 5 rings (SSSR count). The average Bonchev–Trinajstić information content (AvgIpc) is 3.35. The number of hydrogen-bond donors (Lipinski definition) is 2.